The second-order valence-electron chi connectivity index (χ2n) is 16.7. The number of benzene rings is 9. The van der Waals surface area contributed by atoms with Crippen LogP contribution in [0.25, 0.3) is 122 Å². The SMILES string of the molecule is c1ccc(-c2cc(-c3ccccc3)nc(-c3cccc(-c4nc(-c5ccccc5)nc(-n5c6ccccc6c6ccc7c8ccccc8n(-c8ccc9ccccc9c8)c7c65)n4)c3)c2)cc1. The minimum Gasteiger partial charge on any atom is -0.307 e. The lowest BCUT2D eigenvalue weighted by atomic mass is 9.99. The molecule has 0 aliphatic heterocycles. The fourth-order valence-electron chi connectivity index (χ4n) is 9.65. The van der Waals surface area contributed by atoms with Crippen molar-refractivity contribution in [2.24, 2.45) is 0 Å². The van der Waals surface area contributed by atoms with Gasteiger partial charge in [-0.05, 0) is 64.4 Å². The summed E-state index contributed by atoms with van der Waals surface area (Å²) >= 11 is 0. The van der Waals surface area contributed by atoms with Gasteiger partial charge in [0.2, 0.25) is 5.95 Å². The zero-order chi connectivity index (χ0) is 43.6. The molecule has 0 spiro atoms. The maximum absolute atomic E-state index is 5.45. The minimum atomic E-state index is 0.536. The molecule has 0 unspecified atom stereocenters. The van der Waals surface area contributed by atoms with Gasteiger partial charge in [-0.15, -0.1) is 0 Å². The van der Waals surface area contributed by atoms with Crippen LogP contribution in [0.5, 0.6) is 0 Å². The van der Waals surface area contributed by atoms with E-state index in [0.717, 1.165) is 88.7 Å². The Morgan fingerprint density at radius 2 is 0.788 bits per heavy atom. The summed E-state index contributed by atoms with van der Waals surface area (Å²) in [5.74, 6) is 1.69. The van der Waals surface area contributed by atoms with Crippen molar-refractivity contribution in [3.05, 3.63) is 231 Å². The highest BCUT2D eigenvalue weighted by Gasteiger charge is 2.24. The molecule has 308 valence electrons. The van der Waals surface area contributed by atoms with Gasteiger partial charge in [-0.3, -0.25) is 4.57 Å². The molecular weight excluding hydrogens is 805 g/mol. The van der Waals surface area contributed by atoms with Crippen molar-refractivity contribution in [3.8, 4) is 68.1 Å². The lowest BCUT2D eigenvalue weighted by Gasteiger charge is -2.14. The molecule has 0 saturated carbocycles. The molecule has 0 fully saturated rings. The highest BCUT2D eigenvalue weighted by Crippen LogP contribution is 2.42. The van der Waals surface area contributed by atoms with Crippen molar-refractivity contribution in [2.45, 2.75) is 0 Å². The summed E-state index contributed by atoms with van der Waals surface area (Å²) in [5.41, 5.74) is 13.1. The average molecular weight is 843 g/mol. The van der Waals surface area contributed by atoms with Crippen molar-refractivity contribution in [3.63, 3.8) is 0 Å². The number of pyridine rings is 1. The fourth-order valence-corrected chi connectivity index (χ4v) is 9.65. The molecule has 0 bridgehead atoms. The molecule has 0 aliphatic rings. The largest absolute Gasteiger partial charge is 0.307 e. The minimum absolute atomic E-state index is 0.536. The Labute approximate surface area is 380 Å². The van der Waals surface area contributed by atoms with Crippen molar-refractivity contribution in [1.29, 1.82) is 0 Å². The molecule has 66 heavy (non-hydrogen) atoms. The lowest BCUT2D eigenvalue weighted by Crippen LogP contribution is -2.07. The first kappa shape index (κ1) is 37.5. The quantitative estimate of drug-likeness (QED) is 0.160. The van der Waals surface area contributed by atoms with Crippen molar-refractivity contribution >= 4 is 54.4 Å². The van der Waals surface area contributed by atoms with Crippen LogP contribution in [0.2, 0.25) is 0 Å². The predicted molar refractivity (Wildman–Crippen MR) is 271 cm³/mol. The van der Waals surface area contributed by atoms with Crippen molar-refractivity contribution in [1.82, 2.24) is 29.1 Å². The van der Waals surface area contributed by atoms with E-state index in [1.54, 1.807) is 0 Å². The van der Waals surface area contributed by atoms with Gasteiger partial charge < -0.3 is 4.57 Å². The van der Waals surface area contributed by atoms with Gasteiger partial charge in [0.05, 0.1) is 33.5 Å². The molecule has 0 atom stereocenters. The van der Waals surface area contributed by atoms with E-state index in [4.69, 9.17) is 19.9 Å². The normalized spacial score (nSPS) is 11.6. The molecule has 0 amide bonds. The molecular formula is C60H38N6. The van der Waals surface area contributed by atoms with Gasteiger partial charge in [-0.25, -0.2) is 9.97 Å². The third-order valence-corrected chi connectivity index (χ3v) is 12.7. The van der Waals surface area contributed by atoms with Crippen LogP contribution in [0, 0.1) is 0 Å². The van der Waals surface area contributed by atoms with Crippen LogP contribution in [0.15, 0.2) is 231 Å². The van der Waals surface area contributed by atoms with E-state index in [-0.39, 0.29) is 0 Å². The average Bonchev–Trinajstić information content (AvgIpc) is 3.92. The first-order chi connectivity index (χ1) is 32.7. The number of fused-ring (bicyclic) bond motifs is 8. The van der Waals surface area contributed by atoms with E-state index in [1.165, 1.54) is 16.2 Å². The fraction of sp³-hybridized carbons (Fsp3) is 0. The number of nitrogens with zero attached hydrogens (tertiary/aromatic N) is 6. The third-order valence-electron chi connectivity index (χ3n) is 12.7. The van der Waals surface area contributed by atoms with Crippen LogP contribution in [0.3, 0.4) is 0 Å². The Kier molecular flexibility index (Phi) is 8.74. The van der Waals surface area contributed by atoms with Gasteiger partial charge in [0.25, 0.3) is 0 Å². The van der Waals surface area contributed by atoms with E-state index >= 15 is 0 Å². The van der Waals surface area contributed by atoms with Gasteiger partial charge in [-0.1, -0.05) is 188 Å². The van der Waals surface area contributed by atoms with Crippen LogP contribution in [-0.2, 0) is 0 Å². The number of rotatable bonds is 7. The maximum Gasteiger partial charge on any atom is 0.238 e. The Morgan fingerprint density at radius 1 is 0.273 bits per heavy atom. The summed E-state index contributed by atoms with van der Waals surface area (Å²) in [6.07, 6.45) is 0. The van der Waals surface area contributed by atoms with Crippen LogP contribution >= 0.6 is 0 Å². The second-order valence-corrected chi connectivity index (χ2v) is 16.7. The molecule has 13 aromatic rings. The maximum atomic E-state index is 5.45. The Morgan fingerprint density at radius 3 is 1.48 bits per heavy atom. The van der Waals surface area contributed by atoms with Crippen molar-refractivity contribution in [2.75, 3.05) is 0 Å². The summed E-state index contributed by atoms with van der Waals surface area (Å²) in [7, 11) is 0. The molecule has 6 heteroatoms. The summed E-state index contributed by atoms with van der Waals surface area (Å²) in [4.78, 5) is 21.3. The summed E-state index contributed by atoms with van der Waals surface area (Å²) in [5, 5.41) is 6.95. The molecule has 0 saturated heterocycles. The first-order valence-corrected chi connectivity index (χ1v) is 22.2. The van der Waals surface area contributed by atoms with Crippen LogP contribution in [0.4, 0.5) is 0 Å². The van der Waals surface area contributed by atoms with E-state index in [0.29, 0.717) is 17.6 Å². The van der Waals surface area contributed by atoms with Gasteiger partial charge in [0.15, 0.2) is 11.6 Å². The number of hydrogen-bond donors (Lipinski definition) is 0. The van der Waals surface area contributed by atoms with E-state index in [2.05, 4.69) is 209 Å². The highest BCUT2D eigenvalue weighted by atomic mass is 15.2. The van der Waals surface area contributed by atoms with E-state index < -0.39 is 0 Å². The number of para-hydroxylation sites is 2. The molecule has 4 aromatic heterocycles. The standard InChI is InChI=1S/C60H38N6/c1-4-17-39(18-5-1)46-37-52(41-20-6-2-7-21-41)61-53(38-46)44-25-16-26-45(35-44)59-62-58(42-22-8-3-9-23-42)63-60(64-59)66-55-30-15-13-28-49(55)51-34-33-50-48-27-12-14-29-54(48)65(56(50)57(51)66)47-32-31-40-19-10-11-24-43(40)36-47/h1-38H. The molecule has 6 nitrogen and oxygen atoms in total. The summed E-state index contributed by atoms with van der Waals surface area (Å²) < 4.78 is 4.67. The lowest BCUT2D eigenvalue weighted by molar-refractivity contribution is 0.953. The molecule has 13 rings (SSSR count). The number of aromatic nitrogens is 6. The van der Waals surface area contributed by atoms with Crippen LogP contribution < -0.4 is 0 Å². The zero-order valence-electron chi connectivity index (χ0n) is 35.6. The molecule has 0 N–H and O–H groups in total. The predicted octanol–water partition coefficient (Wildman–Crippen LogP) is 14.9. The van der Waals surface area contributed by atoms with Gasteiger partial charge >= 0.3 is 0 Å². The zero-order valence-corrected chi connectivity index (χ0v) is 35.6. The third kappa shape index (κ3) is 6.26. The highest BCUT2D eigenvalue weighted by molar-refractivity contribution is 6.23. The van der Waals surface area contributed by atoms with Gasteiger partial charge in [-0.2, -0.15) is 9.97 Å². The van der Waals surface area contributed by atoms with Crippen molar-refractivity contribution < 1.29 is 0 Å². The molecule has 4 heterocycles. The van der Waals surface area contributed by atoms with Crippen LogP contribution in [-0.4, -0.2) is 29.1 Å². The summed E-state index contributed by atoms with van der Waals surface area (Å²) in [6, 6.07) is 80.9. The van der Waals surface area contributed by atoms with E-state index in [9.17, 15) is 0 Å². The summed E-state index contributed by atoms with van der Waals surface area (Å²) in [6.45, 7) is 0. The second kappa shape index (κ2) is 15.4. The van der Waals surface area contributed by atoms with E-state index in [1.807, 2.05) is 30.3 Å². The van der Waals surface area contributed by atoms with Gasteiger partial charge in [0.1, 0.15) is 0 Å². The molecule has 9 aromatic carbocycles. The van der Waals surface area contributed by atoms with Crippen LogP contribution in [0.1, 0.15) is 0 Å². The molecule has 0 radical (unpaired) electrons. The Hall–Kier alpha value is -9.00. The van der Waals surface area contributed by atoms with Gasteiger partial charge in [0, 0.05) is 49.5 Å². The molecule has 0 aliphatic carbocycles. The first-order valence-electron chi connectivity index (χ1n) is 22.2. The topological polar surface area (TPSA) is 61.4 Å². The number of hydrogen-bond acceptors (Lipinski definition) is 4. The Bertz CT molecular complexity index is 3930. The smallest absolute Gasteiger partial charge is 0.238 e. The Balaban J connectivity index is 1.07. The monoisotopic (exact) mass is 842 g/mol.